The van der Waals surface area contributed by atoms with Crippen LogP contribution in [0.2, 0.25) is 0 Å². The number of fused-ring (bicyclic) bond motifs is 3. The number of alkyl halides is 9. The molecule has 1 aromatic carbocycles. The van der Waals surface area contributed by atoms with Crippen LogP contribution in [0, 0.1) is 0 Å². The third kappa shape index (κ3) is 4.21. The number of benzene rings is 1. The Morgan fingerprint density at radius 3 is 2.09 bits per heavy atom. The number of hydrogen-bond acceptors (Lipinski definition) is 5. The molecular weight excluding hydrogens is 499 g/mol. The molecule has 0 aliphatic rings. The summed E-state index contributed by atoms with van der Waals surface area (Å²) in [6.45, 7) is 0. The van der Waals surface area contributed by atoms with Gasteiger partial charge in [0.2, 0.25) is 0 Å². The highest BCUT2D eigenvalue weighted by molar-refractivity contribution is 6.02. The second-order valence-electron chi connectivity index (χ2n) is 7.06. The number of nitrogens with zero attached hydrogens (tertiary/aromatic N) is 4. The molecule has 6 nitrogen and oxygen atoms in total. The monoisotopic (exact) mass is 508 g/mol. The molecule has 0 aliphatic carbocycles. The minimum Gasteiger partial charge on any atom is -0.497 e. The van der Waals surface area contributed by atoms with E-state index in [-0.39, 0.29) is 22.0 Å². The Morgan fingerprint density at radius 2 is 1.57 bits per heavy atom. The van der Waals surface area contributed by atoms with E-state index in [2.05, 4.69) is 15.1 Å². The van der Waals surface area contributed by atoms with Gasteiger partial charge in [0.15, 0.2) is 17.0 Å². The van der Waals surface area contributed by atoms with Crippen LogP contribution in [0.4, 0.5) is 39.5 Å². The van der Waals surface area contributed by atoms with Crippen molar-refractivity contribution in [3.8, 4) is 17.0 Å². The summed E-state index contributed by atoms with van der Waals surface area (Å²) in [6.07, 6.45) is -16.5. The number of aromatic nitrogens is 4. The van der Waals surface area contributed by atoms with E-state index >= 15 is 0 Å². The van der Waals surface area contributed by atoms with Crippen molar-refractivity contribution >= 4 is 22.5 Å². The van der Waals surface area contributed by atoms with Crippen molar-refractivity contribution in [1.29, 1.82) is 0 Å². The predicted molar refractivity (Wildman–Crippen MR) is 101 cm³/mol. The maximum Gasteiger partial charge on any atom is 0.455 e. The van der Waals surface area contributed by atoms with E-state index in [1.165, 1.54) is 31.4 Å². The molecule has 184 valence electrons. The van der Waals surface area contributed by atoms with Crippen LogP contribution in [-0.2, 0) is 12.4 Å². The van der Waals surface area contributed by atoms with E-state index < -0.39 is 57.8 Å². The van der Waals surface area contributed by atoms with Crippen LogP contribution in [0.25, 0.3) is 27.9 Å². The molecule has 4 aromatic rings. The molecule has 0 saturated carbocycles. The molecule has 0 atom stereocenters. The van der Waals surface area contributed by atoms with Crippen LogP contribution >= 0.6 is 0 Å². The first-order valence-electron chi connectivity index (χ1n) is 9.25. The Kier molecular flexibility index (Phi) is 5.41. The number of carbonyl (C=O) groups excluding carboxylic acids is 1. The second kappa shape index (κ2) is 7.81. The lowest BCUT2D eigenvalue weighted by Crippen LogP contribution is -2.28. The van der Waals surface area contributed by atoms with Crippen LogP contribution in [0.1, 0.15) is 21.6 Å². The zero-order valence-electron chi connectivity index (χ0n) is 17.0. The van der Waals surface area contributed by atoms with Crippen LogP contribution in [0.5, 0.6) is 5.75 Å². The van der Waals surface area contributed by atoms with E-state index in [0.717, 1.165) is 0 Å². The van der Waals surface area contributed by atoms with Gasteiger partial charge in [-0.25, -0.2) is 14.5 Å². The van der Waals surface area contributed by atoms with Crippen LogP contribution < -0.4 is 4.74 Å². The molecule has 0 fully saturated rings. The standard InChI is InChI=1S/C20H9F9N4O2/c1-35-9-4-2-8(3-5-9)12-6-11(18(21,22)23)13-16(31-12)32-33-14(19(24,25)26)10(7-30-17(13)33)15(34)20(27,28)29/h2-7H,1H3. The van der Waals surface area contributed by atoms with E-state index in [4.69, 9.17) is 4.74 Å². The fourth-order valence-corrected chi connectivity index (χ4v) is 3.37. The van der Waals surface area contributed by atoms with E-state index in [0.29, 0.717) is 11.8 Å². The summed E-state index contributed by atoms with van der Waals surface area (Å²) < 4.78 is 126. The van der Waals surface area contributed by atoms with Crippen molar-refractivity contribution in [2.24, 2.45) is 0 Å². The maximum atomic E-state index is 13.9. The lowest BCUT2D eigenvalue weighted by Gasteiger charge is -2.14. The fraction of sp³-hybridized carbons (Fsp3) is 0.200. The molecular formula is C20H9F9N4O2. The van der Waals surface area contributed by atoms with E-state index in [1.54, 1.807) is 0 Å². The van der Waals surface area contributed by atoms with Gasteiger partial charge in [-0.15, -0.1) is 5.10 Å². The lowest BCUT2D eigenvalue weighted by atomic mass is 10.1. The first kappa shape index (κ1) is 24.2. The smallest absolute Gasteiger partial charge is 0.455 e. The summed E-state index contributed by atoms with van der Waals surface area (Å²) in [5.41, 5.74) is -7.80. The molecule has 4 rings (SSSR count). The molecule has 0 saturated heterocycles. The summed E-state index contributed by atoms with van der Waals surface area (Å²) in [7, 11) is 1.35. The van der Waals surface area contributed by atoms with Gasteiger partial charge in [0, 0.05) is 11.8 Å². The van der Waals surface area contributed by atoms with Crippen molar-refractivity contribution in [2.45, 2.75) is 18.5 Å². The summed E-state index contributed by atoms with van der Waals surface area (Å²) in [5, 5.41) is 2.40. The third-order valence-corrected chi connectivity index (χ3v) is 4.86. The Hall–Kier alpha value is -3.91. The molecule has 0 aliphatic heterocycles. The van der Waals surface area contributed by atoms with Crippen LogP contribution in [-0.4, -0.2) is 38.7 Å². The van der Waals surface area contributed by atoms with Gasteiger partial charge in [0.05, 0.1) is 29.3 Å². The Labute approximate surface area is 188 Å². The Bertz CT molecular complexity index is 1450. The maximum absolute atomic E-state index is 13.9. The van der Waals surface area contributed by atoms with Gasteiger partial charge in [-0.05, 0) is 30.3 Å². The summed E-state index contributed by atoms with van der Waals surface area (Å²) in [5.74, 6) is -2.53. The Morgan fingerprint density at radius 1 is 0.943 bits per heavy atom. The van der Waals surface area contributed by atoms with Gasteiger partial charge in [0.1, 0.15) is 5.75 Å². The highest BCUT2D eigenvalue weighted by Gasteiger charge is 2.47. The first-order valence-corrected chi connectivity index (χ1v) is 9.25. The topological polar surface area (TPSA) is 69.4 Å². The van der Waals surface area contributed by atoms with Gasteiger partial charge in [-0.1, -0.05) is 0 Å². The van der Waals surface area contributed by atoms with Crippen molar-refractivity contribution in [3.05, 3.63) is 53.3 Å². The quantitative estimate of drug-likeness (QED) is 0.261. The summed E-state index contributed by atoms with van der Waals surface area (Å²) in [6, 6.07) is 6.02. The van der Waals surface area contributed by atoms with Gasteiger partial charge in [-0.3, -0.25) is 4.79 Å². The number of ether oxygens (including phenoxy) is 1. The highest BCUT2D eigenvalue weighted by atomic mass is 19.4. The minimum atomic E-state index is -5.71. The molecule has 15 heteroatoms. The molecule has 0 unspecified atom stereocenters. The normalized spacial score (nSPS) is 13.0. The summed E-state index contributed by atoms with van der Waals surface area (Å²) >= 11 is 0. The number of pyridine rings is 1. The SMILES string of the molecule is COc1ccc(-c2cc(C(F)(F)F)c3c(n2)nn2c(C(F)(F)F)c(C(=O)C(F)(F)F)cnc32)cc1. The molecule has 3 heterocycles. The molecule has 35 heavy (non-hydrogen) atoms. The zero-order valence-corrected chi connectivity index (χ0v) is 17.0. The molecule has 0 bridgehead atoms. The van der Waals surface area contributed by atoms with E-state index in [9.17, 15) is 44.3 Å². The first-order chi connectivity index (χ1) is 16.1. The van der Waals surface area contributed by atoms with Crippen molar-refractivity contribution < 1.29 is 49.0 Å². The zero-order chi connectivity index (χ0) is 25.9. The fourth-order valence-electron chi connectivity index (χ4n) is 3.37. The van der Waals surface area contributed by atoms with Gasteiger partial charge in [-0.2, -0.15) is 39.5 Å². The predicted octanol–water partition coefficient (Wildman–Crippen LogP) is 5.74. The third-order valence-electron chi connectivity index (χ3n) is 4.86. The molecule has 3 aromatic heterocycles. The highest BCUT2D eigenvalue weighted by Crippen LogP contribution is 2.41. The van der Waals surface area contributed by atoms with Crippen molar-refractivity contribution in [3.63, 3.8) is 0 Å². The largest absolute Gasteiger partial charge is 0.497 e. The lowest BCUT2D eigenvalue weighted by molar-refractivity contribution is -0.143. The number of Topliss-reactive ketones (excluding diaryl/α,β-unsaturated/α-hetero) is 1. The minimum absolute atomic E-state index is 0.0767. The number of methoxy groups -OCH3 is 1. The average molecular weight is 508 g/mol. The number of rotatable bonds is 3. The number of ketones is 1. The molecule has 0 amide bonds. The molecule has 0 radical (unpaired) electrons. The van der Waals surface area contributed by atoms with Crippen LogP contribution in [0.3, 0.4) is 0 Å². The summed E-state index contributed by atoms with van der Waals surface area (Å²) in [4.78, 5) is 18.8. The number of hydrogen-bond donors (Lipinski definition) is 0. The van der Waals surface area contributed by atoms with E-state index in [1.807, 2.05) is 0 Å². The average Bonchev–Trinajstić information content (AvgIpc) is 3.13. The Balaban J connectivity index is 2.10. The number of carbonyl (C=O) groups is 1. The van der Waals surface area contributed by atoms with Crippen LogP contribution in [0.15, 0.2) is 36.5 Å². The van der Waals surface area contributed by atoms with Gasteiger partial charge in [0.25, 0.3) is 5.78 Å². The molecule has 0 spiro atoms. The van der Waals surface area contributed by atoms with Crippen molar-refractivity contribution in [2.75, 3.05) is 7.11 Å². The number of halogens is 9. The van der Waals surface area contributed by atoms with Crippen molar-refractivity contribution in [1.82, 2.24) is 19.6 Å². The van der Waals surface area contributed by atoms with Gasteiger partial charge >= 0.3 is 18.5 Å². The second-order valence-corrected chi connectivity index (χ2v) is 7.06. The van der Waals surface area contributed by atoms with Gasteiger partial charge < -0.3 is 4.74 Å². The molecule has 0 N–H and O–H groups in total.